The molecule has 0 amide bonds. The highest BCUT2D eigenvalue weighted by Gasteiger charge is 2.03. The average Bonchev–Trinajstić information content (AvgIpc) is 2.43. The van der Waals surface area contributed by atoms with Crippen molar-refractivity contribution in [3.8, 4) is 0 Å². The van der Waals surface area contributed by atoms with Crippen LogP contribution in [0.2, 0.25) is 0 Å². The van der Waals surface area contributed by atoms with Crippen LogP contribution in [0, 0.1) is 13.8 Å². The SMILES string of the molecule is Cc1cc(Br)nc(Nc2cc(C)n(C)n2)c1. The number of nitrogens with one attached hydrogen (secondary N) is 1. The zero-order chi connectivity index (χ0) is 11.7. The fourth-order valence-corrected chi connectivity index (χ4v) is 1.99. The van der Waals surface area contributed by atoms with Crippen molar-refractivity contribution in [2.45, 2.75) is 13.8 Å². The molecule has 0 aliphatic heterocycles. The number of hydrogen-bond donors (Lipinski definition) is 1. The van der Waals surface area contributed by atoms with E-state index in [0.717, 1.165) is 27.5 Å². The monoisotopic (exact) mass is 280 g/mol. The first-order chi connectivity index (χ1) is 7.54. The molecule has 0 unspecified atom stereocenters. The van der Waals surface area contributed by atoms with Crippen molar-refractivity contribution in [1.29, 1.82) is 0 Å². The van der Waals surface area contributed by atoms with E-state index in [-0.39, 0.29) is 0 Å². The van der Waals surface area contributed by atoms with E-state index in [0.29, 0.717) is 0 Å². The van der Waals surface area contributed by atoms with Crippen LogP contribution in [-0.2, 0) is 7.05 Å². The van der Waals surface area contributed by atoms with Crippen molar-refractivity contribution in [3.63, 3.8) is 0 Å². The predicted molar refractivity (Wildman–Crippen MR) is 67.9 cm³/mol. The maximum absolute atomic E-state index is 4.32. The first kappa shape index (κ1) is 11.1. The lowest BCUT2D eigenvalue weighted by atomic mass is 10.3. The van der Waals surface area contributed by atoms with Crippen LogP contribution in [0.1, 0.15) is 11.3 Å². The molecule has 0 aromatic carbocycles. The molecule has 0 saturated heterocycles. The molecule has 0 aliphatic carbocycles. The van der Waals surface area contributed by atoms with Gasteiger partial charge in [-0.3, -0.25) is 4.68 Å². The molecule has 1 N–H and O–H groups in total. The third-order valence-corrected chi connectivity index (χ3v) is 2.71. The molecule has 0 saturated carbocycles. The second kappa shape index (κ2) is 4.25. The Kier molecular flexibility index (Phi) is 2.96. The molecule has 84 valence electrons. The number of aryl methyl sites for hydroxylation is 3. The highest BCUT2D eigenvalue weighted by Crippen LogP contribution is 2.18. The van der Waals surface area contributed by atoms with Crippen molar-refractivity contribution >= 4 is 27.6 Å². The Balaban J connectivity index is 2.26. The van der Waals surface area contributed by atoms with Gasteiger partial charge < -0.3 is 5.32 Å². The van der Waals surface area contributed by atoms with Gasteiger partial charge in [0.1, 0.15) is 10.4 Å². The molecule has 0 radical (unpaired) electrons. The van der Waals surface area contributed by atoms with Gasteiger partial charge in [0.2, 0.25) is 0 Å². The molecule has 0 spiro atoms. The van der Waals surface area contributed by atoms with Crippen LogP contribution in [0.5, 0.6) is 0 Å². The van der Waals surface area contributed by atoms with Gasteiger partial charge in [0, 0.05) is 18.8 Å². The minimum absolute atomic E-state index is 0.796. The normalized spacial score (nSPS) is 10.5. The number of halogens is 1. The summed E-state index contributed by atoms with van der Waals surface area (Å²) in [7, 11) is 1.92. The van der Waals surface area contributed by atoms with Gasteiger partial charge in [-0.15, -0.1) is 0 Å². The molecule has 5 heteroatoms. The lowest BCUT2D eigenvalue weighted by Crippen LogP contribution is -1.97. The number of pyridine rings is 1. The van der Waals surface area contributed by atoms with Crippen LogP contribution in [-0.4, -0.2) is 14.8 Å². The summed E-state index contributed by atoms with van der Waals surface area (Å²) in [5.74, 6) is 1.61. The Labute approximate surface area is 103 Å². The zero-order valence-electron chi connectivity index (χ0n) is 9.45. The molecule has 2 heterocycles. The fourth-order valence-electron chi connectivity index (χ4n) is 1.44. The van der Waals surface area contributed by atoms with Crippen LogP contribution in [0.3, 0.4) is 0 Å². The van der Waals surface area contributed by atoms with Crippen molar-refractivity contribution in [3.05, 3.63) is 34.1 Å². The van der Waals surface area contributed by atoms with Crippen LogP contribution < -0.4 is 5.32 Å². The topological polar surface area (TPSA) is 42.7 Å². The zero-order valence-corrected chi connectivity index (χ0v) is 11.0. The highest BCUT2D eigenvalue weighted by molar-refractivity contribution is 9.10. The number of anilines is 2. The maximum atomic E-state index is 4.32. The van der Waals surface area contributed by atoms with E-state index in [1.807, 2.05) is 43.8 Å². The minimum Gasteiger partial charge on any atom is -0.323 e. The Morgan fingerprint density at radius 3 is 2.50 bits per heavy atom. The third kappa shape index (κ3) is 2.41. The molecule has 4 nitrogen and oxygen atoms in total. The van der Waals surface area contributed by atoms with E-state index in [1.54, 1.807) is 0 Å². The molecule has 2 aromatic rings. The number of rotatable bonds is 2. The van der Waals surface area contributed by atoms with Gasteiger partial charge in [-0.1, -0.05) is 0 Å². The third-order valence-electron chi connectivity index (χ3n) is 2.31. The molecular weight excluding hydrogens is 268 g/mol. The molecule has 2 aromatic heterocycles. The van der Waals surface area contributed by atoms with Gasteiger partial charge in [0.15, 0.2) is 5.82 Å². The summed E-state index contributed by atoms with van der Waals surface area (Å²) in [6, 6.07) is 5.93. The summed E-state index contributed by atoms with van der Waals surface area (Å²) in [6.07, 6.45) is 0. The van der Waals surface area contributed by atoms with E-state index in [4.69, 9.17) is 0 Å². The summed E-state index contributed by atoms with van der Waals surface area (Å²) in [5.41, 5.74) is 2.26. The first-order valence-electron chi connectivity index (χ1n) is 4.96. The van der Waals surface area contributed by atoms with E-state index in [2.05, 4.69) is 31.3 Å². The van der Waals surface area contributed by atoms with Gasteiger partial charge in [-0.05, 0) is 47.5 Å². The molecule has 0 aliphatic rings. The summed E-state index contributed by atoms with van der Waals surface area (Å²) in [5, 5.41) is 7.49. The summed E-state index contributed by atoms with van der Waals surface area (Å²) >= 11 is 3.37. The quantitative estimate of drug-likeness (QED) is 0.861. The Morgan fingerprint density at radius 1 is 1.19 bits per heavy atom. The Bertz CT molecular complexity index is 479. The predicted octanol–water partition coefficient (Wildman–Crippen LogP) is 2.94. The van der Waals surface area contributed by atoms with Crippen molar-refractivity contribution < 1.29 is 0 Å². The number of nitrogens with zero attached hydrogens (tertiary/aromatic N) is 3. The average molecular weight is 281 g/mol. The second-order valence-corrected chi connectivity index (χ2v) is 4.58. The smallest absolute Gasteiger partial charge is 0.153 e. The fraction of sp³-hybridized carbons (Fsp3) is 0.273. The largest absolute Gasteiger partial charge is 0.323 e. The van der Waals surface area contributed by atoms with E-state index < -0.39 is 0 Å². The molecular formula is C11H13BrN4. The van der Waals surface area contributed by atoms with Crippen molar-refractivity contribution in [2.24, 2.45) is 7.05 Å². The van der Waals surface area contributed by atoms with Crippen molar-refractivity contribution in [1.82, 2.24) is 14.8 Å². The van der Waals surface area contributed by atoms with E-state index in [9.17, 15) is 0 Å². The standard InChI is InChI=1S/C11H13BrN4/c1-7-4-9(12)13-10(5-7)14-11-6-8(2)16(3)15-11/h4-6H,1-3H3,(H,13,14,15). The summed E-state index contributed by atoms with van der Waals surface area (Å²) in [4.78, 5) is 4.32. The first-order valence-corrected chi connectivity index (χ1v) is 5.76. The minimum atomic E-state index is 0.796. The Morgan fingerprint density at radius 2 is 1.94 bits per heavy atom. The summed E-state index contributed by atoms with van der Waals surface area (Å²) in [6.45, 7) is 4.04. The highest BCUT2D eigenvalue weighted by atomic mass is 79.9. The van der Waals surface area contributed by atoms with Crippen molar-refractivity contribution in [2.75, 3.05) is 5.32 Å². The number of aromatic nitrogens is 3. The molecule has 16 heavy (non-hydrogen) atoms. The second-order valence-electron chi connectivity index (χ2n) is 3.77. The van der Waals surface area contributed by atoms with Crippen LogP contribution in [0.4, 0.5) is 11.6 Å². The van der Waals surface area contributed by atoms with Gasteiger partial charge >= 0.3 is 0 Å². The molecule has 0 fully saturated rings. The van der Waals surface area contributed by atoms with Gasteiger partial charge in [0.25, 0.3) is 0 Å². The lowest BCUT2D eigenvalue weighted by molar-refractivity contribution is 0.743. The maximum Gasteiger partial charge on any atom is 0.153 e. The van der Waals surface area contributed by atoms with E-state index >= 15 is 0 Å². The van der Waals surface area contributed by atoms with Crippen LogP contribution in [0.25, 0.3) is 0 Å². The van der Waals surface area contributed by atoms with Gasteiger partial charge in [-0.25, -0.2) is 4.98 Å². The Hall–Kier alpha value is -1.36. The van der Waals surface area contributed by atoms with Gasteiger partial charge in [-0.2, -0.15) is 5.10 Å². The molecule has 0 atom stereocenters. The number of hydrogen-bond acceptors (Lipinski definition) is 3. The van der Waals surface area contributed by atoms with E-state index in [1.165, 1.54) is 0 Å². The molecule has 0 bridgehead atoms. The molecule has 2 rings (SSSR count). The summed E-state index contributed by atoms with van der Waals surface area (Å²) < 4.78 is 2.65. The van der Waals surface area contributed by atoms with Crippen LogP contribution in [0.15, 0.2) is 22.8 Å². The van der Waals surface area contributed by atoms with Gasteiger partial charge in [0.05, 0.1) is 0 Å². The van der Waals surface area contributed by atoms with Crippen LogP contribution >= 0.6 is 15.9 Å². The lowest BCUT2D eigenvalue weighted by Gasteiger charge is -2.03.